The summed E-state index contributed by atoms with van der Waals surface area (Å²) >= 11 is 3.37. The van der Waals surface area contributed by atoms with Crippen LogP contribution in [-0.4, -0.2) is 25.3 Å². The molecule has 1 fully saturated rings. The summed E-state index contributed by atoms with van der Waals surface area (Å²) in [5.74, 6) is 0.328. The van der Waals surface area contributed by atoms with Crippen molar-refractivity contribution in [1.29, 1.82) is 0 Å². The van der Waals surface area contributed by atoms with E-state index < -0.39 is 10.0 Å². The highest BCUT2D eigenvalue weighted by Gasteiger charge is 2.37. The molecule has 1 aliphatic rings. The molecule has 1 aromatic rings. The lowest BCUT2D eigenvalue weighted by Crippen LogP contribution is -2.38. The van der Waals surface area contributed by atoms with E-state index in [9.17, 15) is 8.42 Å². The molecule has 0 aromatic heterocycles. The van der Waals surface area contributed by atoms with Crippen molar-refractivity contribution in [3.05, 3.63) is 28.2 Å². The lowest BCUT2D eigenvalue weighted by atomic mass is 10.0. The smallest absolute Gasteiger partial charge is 0.244 e. The van der Waals surface area contributed by atoms with Gasteiger partial charge in [-0.2, -0.15) is 4.31 Å². The van der Waals surface area contributed by atoms with Crippen LogP contribution >= 0.6 is 15.9 Å². The zero-order chi connectivity index (χ0) is 14.9. The Balaban J connectivity index is 2.40. The highest BCUT2D eigenvalue weighted by molar-refractivity contribution is 9.10. The molecule has 0 amide bonds. The fourth-order valence-corrected chi connectivity index (χ4v) is 5.65. The molecule has 1 heterocycles. The van der Waals surface area contributed by atoms with E-state index in [0.29, 0.717) is 28.4 Å². The number of hydrogen-bond acceptors (Lipinski definition) is 3. The topological polar surface area (TPSA) is 63.4 Å². The van der Waals surface area contributed by atoms with Crippen LogP contribution < -0.4 is 5.73 Å². The average Bonchev–Trinajstić information content (AvgIpc) is 2.88. The molecule has 6 heteroatoms. The third kappa shape index (κ3) is 2.93. The zero-order valence-corrected chi connectivity index (χ0v) is 14.2. The van der Waals surface area contributed by atoms with Crippen LogP contribution in [0, 0.1) is 5.92 Å². The molecule has 1 unspecified atom stereocenters. The van der Waals surface area contributed by atoms with Gasteiger partial charge in [0.15, 0.2) is 0 Å². The molecule has 0 spiro atoms. The van der Waals surface area contributed by atoms with Crippen LogP contribution in [0.25, 0.3) is 0 Å². The van der Waals surface area contributed by atoms with Crippen LogP contribution in [0.1, 0.15) is 32.3 Å². The number of nitrogens with two attached hydrogens (primary N) is 1. The summed E-state index contributed by atoms with van der Waals surface area (Å²) in [7, 11) is -3.44. The van der Waals surface area contributed by atoms with Crippen molar-refractivity contribution in [2.75, 3.05) is 6.54 Å². The molecule has 4 nitrogen and oxygen atoms in total. The molecule has 0 saturated carbocycles. The van der Waals surface area contributed by atoms with Gasteiger partial charge in [0.2, 0.25) is 10.0 Å². The van der Waals surface area contributed by atoms with Crippen LogP contribution in [0.4, 0.5) is 0 Å². The van der Waals surface area contributed by atoms with E-state index in [0.717, 1.165) is 18.4 Å². The first kappa shape index (κ1) is 15.9. The quantitative estimate of drug-likeness (QED) is 0.897. The van der Waals surface area contributed by atoms with Gasteiger partial charge in [-0.05, 0) is 52.4 Å². The molecular weight excluding hydrogens is 340 g/mol. The van der Waals surface area contributed by atoms with Crippen molar-refractivity contribution in [1.82, 2.24) is 4.31 Å². The molecule has 2 rings (SSSR count). The number of nitrogens with zero attached hydrogens (tertiary/aromatic N) is 1. The summed E-state index contributed by atoms with van der Waals surface area (Å²) in [5.41, 5.74) is 6.50. The first-order valence-corrected chi connectivity index (χ1v) is 9.11. The second kappa shape index (κ2) is 6.13. The first-order valence-electron chi connectivity index (χ1n) is 6.88. The van der Waals surface area contributed by atoms with Crippen molar-refractivity contribution in [2.45, 2.75) is 44.2 Å². The Kier molecular flexibility index (Phi) is 4.89. The van der Waals surface area contributed by atoms with Crippen molar-refractivity contribution in [3.63, 3.8) is 0 Å². The third-order valence-corrected chi connectivity index (χ3v) is 6.74. The van der Waals surface area contributed by atoms with Crippen LogP contribution in [0.5, 0.6) is 0 Å². The van der Waals surface area contributed by atoms with Crippen molar-refractivity contribution >= 4 is 26.0 Å². The van der Waals surface area contributed by atoms with Crippen molar-refractivity contribution < 1.29 is 8.42 Å². The Morgan fingerprint density at radius 2 is 2.15 bits per heavy atom. The fourth-order valence-electron chi connectivity index (χ4n) is 2.74. The van der Waals surface area contributed by atoms with Gasteiger partial charge in [0, 0.05) is 23.6 Å². The SMILES string of the molecule is CC(C)C1CCCN1S(=O)(=O)c1ccc(CN)cc1Br. The molecule has 2 N–H and O–H groups in total. The highest BCUT2D eigenvalue weighted by Crippen LogP contribution is 2.33. The molecular formula is C14H21BrN2O2S. The predicted molar refractivity (Wildman–Crippen MR) is 83.8 cm³/mol. The standard InChI is InChI=1S/C14H21BrN2O2S/c1-10(2)13-4-3-7-17(13)20(18,19)14-6-5-11(9-16)8-12(14)15/h5-6,8,10,13H,3-4,7,9,16H2,1-2H3. The normalized spacial score (nSPS) is 20.8. The van der Waals surface area contributed by atoms with Crippen molar-refractivity contribution in [2.24, 2.45) is 11.7 Å². The maximum atomic E-state index is 12.8. The zero-order valence-electron chi connectivity index (χ0n) is 11.8. The number of halogens is 1. The van der Waals surface area contributed by atoms with Crippen LogP contribution in [0.15, 0.2) is 27.6 Å². The number of hydrogen-bond donors (Lipinski definition) is 1. The average molecular weight is 361 g/mol. The number of benzene rings is 1. The minimum atomic E-state index is -3.44. The lowest BCUT2D eigenvalue weighted by molar-refractivity contribution is 0.315. The predicted octanol–water partition coefficient (Wildman–Crippen LogP) is 2.72. The molecule has 1 saturated heterocycles. The van der Waals surface area contributed by atoms with E-state index in [-0.39, 0.29) is 6.04 Å². The van der Waals surface area contributed by atoms with Gasteiger partial charge >= 0.3 is 0 Å². The van der Waals surface area contributed by atoms with Crippen LogP contribution in [0.2, 0.25) is 0 Å². The molecule has 0 radical (unpaired) electrons. The minimum absolute atomic E-state index is 0.0982. The van der Waals surface area contributed by atoms with Gasteiger partial charge in [0.25, 0.3) is 0 Å². The Morgan fingerprint density at radius 1 is 1.45 bits per heavy atom. The maximum absolute atomic E-state index is 12.8. The minimum Gasteiger partial charge on any atom is -0.326 e. The summed E-state index contributed by atoms with van der Waals surface area (Å²) in [6.07, 6.45) is 1.87. The Morgan fingerprint density at radius 3 is 2.70 bits per heavy atom. The number of rotatable bonds is 4. The van der Waals surface area contributed by atoms with Crippen LogP contribution in [0.3, 0.4) is 0 Å². The van der Waals surface area contributed by atoms with E-state index in [1.54, 1.807) is 22.5 Å². The molecule has 0 aliphatic carbocycles. The monoisotopic (exact) mass is 360 g/mol. The summed E-state index contributed by atoms with van der Waals surface area (Å²) in [4.78, 5) is 0.335. The summed E-state index contributed by atoms with van der Waals surface area (Å²) in [6.45, 7) is 5.16. The maximum Gasteiger partial charge on any atom is 0.244 e. The van der Waals surface area contributed by atoms with Gasteiger partial charge in [-0.15, -0.1) is 0 Å². The summed E-state index contributed by atoms with van der Waals surface area (Å²) in [6, 6.07) is 5.31. The lowest BCUT2D eigenvalue weighted by Gasteiger charge is -2.27. The fraction of sp³-hybridized carbons (Fsp3) is 0.571. The summed E-state index contributed by atoms with van der Waals surface area (Å²) < 4.78 is 27.9. The number of sulfonamides is 1. The Hall–Kier alpha value is -0.430. The second-order valence-electron chi connectivity index (χ2n) is 5.54. The van der Waals surface area contributed by atoms with Gasteiger partial charge in [0.05, 0.1) is 4.90 Å². The van der Waals surface area contributed by atoms with E-state index in [2.05, 4.69) is 29.8 Å². The molecule has 0 bridgehead atoms. The molecule has 112 valence electrons. The Labute approximate surface area is 129 Å². The van der Waals surface area contributed by atoms with E-state index in [1.807, 2.05) is 0 Å². The molecule has 1 atom stereocenters. The van der Waals surface area contributed by atoms with Gasteiger partial charge in [-0.3, -0.25) is 0 Å². The van der Waals surface area contributed by atoms with E-state index in [1.165, 1.54) is 0 Å². The molecule has 1 aliphatic heterocycles. The molecule has 20 heavy (non-hydrogen) atoms. The largest absolute Gasteiger partial charge is 0.326 e. The van der Waals surface area contributed by atoms with Crippen molar-refractivity contribution in [3.8, 4) is 0 Å². The highest BCUT2D eigenvalue weighted by atomic mass is 79.9. The van der Waals surface area contributed by atoms with Gasteiger partial charge in [-0.1, -0.05) is 19.9 Å². The van der Waals surface area contributed by atoms with E-state index >= 15 is 0 Å². The van der Waals surface area contributed by atoms with Gasteiger partial charge in [0.1, 0.15) is 0 Å². The summed E-state index contributed by atoms with van der Waals surface area (Å²) in [5, 5.41) is 0. The third-order valence-electron chi connectivity index (χ3n) is 3.84. The van der Waals surface area contributed by atoms with Gasteiger partial charge in [-0.25, -0.2) is 8.42 Å². The first-order chi connectivity index (χ1) is 9.37. The molecule has 1 aromatic carbocycles. The van der Waals surface area contributed by atoms with E-state index in [4.69, 9.17) is 5.73 Å². The Bertz CT molecular complexity index is 587. The van der Waals surface area contributed by atoms with Gasteiger partial charge < -0.3 is 5.73 Å². The second-order valence-corrected chi connectivity index (χ2v) is 8.25. The van der Waals surface area contributed by atoms with Crippen LogP contribution in [-0.2, 0) is 16.6 Å².